The number of pyridine rings is 1. The second-order valence-corrected chi connectivity index (χ2v) is 10.00. The quantitative estimate of drug-likeness (QED) is 0.322. The van der Waals surface area contributed by atoms with Crippen LogP contribution in [0.4, 0.5) is 17.5 Å². The Morgan fingerprint density at radius 3 is 2.85 bits per heavy atom. The van der Waals surface area contributed by atoms with Crippen molar-refractivity contribution in [2.24, 2.45) is 0 Å². The van der Waals surface area contributed by atoms with Crippen LogP contribution in [-0.2, 0) is 4.79 Å². The predicted molar refractivity (Wildman–Crippen MR) is 149 cm³/mol. The molecular formula is C28H26N10O2. The molecule has 1 aromatic carbocycles. The molecule has 0 radical (unpaired) electrons. The molecule has 1 atom stereocenters. The molecule has 40 heavy (non-hydrogen) atoms. The number of ether oxygens (including phenoxy) is 1. The van der Waals surface area contributed by atoms with Crippen molar-refractivity contribution in [3.05, 3.63) is 73.1 Å². The molecule has 0 bridgehead atoms. The van der Waals surface area contributed by atoms with Crippen molar-refractivity contribution < 1.29 is 9.53 Å². The summed E-state index contributed by atoms with van der Waals surface area (Å²) in [6.07, 6.45) is 8.14. The highest BCUT2D eigenvalue weighted by molar-refractivity contribution is 5.95. The molecule has 4 aromatic heterocycles. The number of hydrogen-bond donors (Lipinski definition) is 1. The van der Waals surface area contributed by atoms with Gasteiger partial charge in [0, 0.05) is 43.2 Å². The van der Waals surface area contributed by atoms with Crippen LogP contribution in [0.3, 0.4) is 0 Å². The van der Waals surface area contributed by atoms with E-state index in [9.17, 15) is 4.79 Å². The summed E-state index contributed by atoms with van der Waals surface area (Å²) in [7, 11) is 0. The summed E-state index contributed by atoms with van der Waals surface area (Å²) in [6.45, 7) is 8.06. The zero-order chi connectivity index (χ0) is 27.2. The number of hydrogen-bond acceptors (Lipinski definition) is 10. The first-order valence-electron chi connectivity index (χ1n) is 13.1. The van der Waals surface area contributed by atoms with E-state index in [1.807, 2.05) is 48.4 Å². The minimum absolute atomic E-state index is 0.0641. The summed E-state index contributed by atoms with van der Waals surface area (Å²) >= 11 is 0. The van der Waals surface area contributed by atoms with Crippen molar-refractivity contribution in [2.45, 2.75) is 25.8 Å². The highest BCUT2D eigenvalue weighted by Gasteiger charge is 2.35. The fourth-order valence-electron chi connectivity index (χ4n) is 5.25. The van der Waals surface area contributed by atoms with E-state index in [0.717, 1.165) is 42.9 Å². The van der Waals surface area contributed by atoms with Crippen LogP contribution >= 0.6 is 0 Å². The lowest BCUT2D eigenvalue weighted by molar-refractivity contribution is -0.126. The molecule has 0 saturated carbocycles. The molecule has 2 aliphatic rings. The van der Waals surface area contributed by atoms with Gasteiger partial charge in [0.2, 0.25) is 11.9 Å². The first kappa shape index (κ1) is 23.9. The van der Waals surface area contributed by atoms with Crippen molar-refractivity contribution in [3.8, 4) is 11.5 Å². The normalized spacial score (nSPS) is 17.4. The lowest BCUT2D eigenvalue weighted by Gasteiger charge is -2.24. The summed E-state index contributed by atoms with van der Waals surface area (Å²) < 4.78 is 7.78. The zero-order valence-corrected chi connectivity index (χ0v) is 21.9. The van der Waals surface area contributed by atoms with Gasteiger partial charge in [0.25, 0.3) is 0 Å². The zero-order valence-electron chi connectivity index (χ0n) is 21.9. The molecule has 5 aromatic rings. The van der Waals surface area contributed by atoms with E-state index in [0.29, 0.717) is 46.3 Å². The van der Waals surface area contributed by atoms with Crippen LogP contribution < -0.4 is 15.0 Å². The molecule has 0 aliphatic carbocycles. The maximum Gasteiger partial charge on any atom is 0.249 e. The van der Waals surface area contributed by atoms with Gasteiger partial charge in [0.15, 0.2) is 11.5 Å². The average molecular weight is 535 g/mol. The van der Waals surface area contributed by atoms with Gasteiger partial charge >= 0.3 is 0 Å². The molecule has 1 unspecified atom stereocenters. The molecule has 1 N–H and O–H groups in total. The summed E-state index contributed by atoms with van der Waals surface area (Å²) in [5.74, 6) is 2.66. The van der Waals surface area contributed by atoms with E-state index in [-0.39, 0.29) is 11.9 Å². The monoisotopic (exact) mass is 534 g/mol. The van der Waals surface area contributed by atoms with Gasteiger partial charge in [-0.25, -0.2) is 29.4 Å². The molecule has 2 aliphatic heterocycles. The Bertz CT molecular complexity index is 1780. The maximum absolute atomic E-state index is 12.4. The van der Waals surface area contributed by atoms with Crippen molar-refractivity contribution in [2.75, 3.05) is 29.9 Å². The molecule has 200 valence electrons. The first-order chi connectivity index (χ1) is 19.5. The van der Waals surface area contributed by atoms with Gasteiger partial charge in [0.1, 0.15) is 35.2 Å². The second kappa shape index (κ2) is 9.56. The van der Waals surface area contributed by atoms with Gasteiger partial charge in [-0.15, -0.1) is 0 Å². The SMILES string of the molecule is C=C1CCN(C2CCN(c3ncc4ncnc(Nc5ccc(Oc6ccn7ncnc7c6)c(C)c5)c4n3)C2)C1=O. The van der Waals surface area contributed by atoms with Crippen molar-refractivity contribution in [1.29, 1.82) is 0 Å². The molecular weight excluding hydrogens is 508 g/mol. The van der Waals surface area contributed by atoms with E-state index < -0.39 is 0 Å². The fourth-order valence-corrected chi connectivity index (χ4v) is 5.25. The Kier molecular flexibility index (Phi) is 5.72. The largest absolute Gasteiger partial charge is 0.457 e. The Balaban J connectivity index is 1.10. The van der Waals surface area contributed by atoms with Crippen molar-refractivity contribution in [3.63, 3.8) is 0 Å². The van der Waals surface area contributed by atoms with Crippen LogP contribution in [-0.4, -0.2) is 71.0 Å². The smallest absolute Gasteiger partial charge is 0.249 e. The number of nitrogens with zero attached hydrogens (tertiary/aromatic N) is 9. The van der Waals surface area contributed by atoms with E-state index in [2.05, 4.69) is 41.8 Å². The minimum Gasteiger partial charge on any atom is -0.457 e. The van der Waals surface area contributed by atoms with E-state index in [4.69, 9.17) is 9.72 Å². The second-order valence-electron chi connectivity index (χ2n) is 10.00. The molecule has 0 spiro atoms. The van der Waals surface area contributed by atoms with Crippen LogP contribution in [0.2, 0.25) is 0 Å². The summed E-state index contributed by atoms with van der Waals surface area (Å²) in [5, 5.41) is 7.49. The molecule has 12 nitrogen and oxygen atoms in total. The van der Waals surface area contributed by atoms with Gasteiger partial charge in [-0.3, -0.25) is 4.79 Å². The van der Waals surface area contributed by atoms with Crippen LogP contribution in [0.1, 0.15) is 18.4 Å². The summed E-state index contributed by atoms with van der Waals surface area (Å²) in [6, 6.07) is 9.66. The Morgan fingerprint density at radius 2 is 2.00 bits per heavy atom. The highest BCUT2D eigenvalue weighted by Crippen LogP contribution is 2.31. The number of anilines is 3. The predicted octanol–water partition coefficient (Wildman–Crippen LogP) is 3.67. The summed E-state index contributed by atoms with van der Waals surface area (Å²) in [4.78, 5) is 38.9. The van der Waals surface area contributed by atoms with Crippen LogP contribution in [0.5, 0.6) is 11.5 Å². The molecule has 2 saturated heterocycles. The minimum atomic E-state index is 0.0641. The van der Waals surface area contributed by atoms with E-state index >= 15 is 0 Å². The van der Waals surface area contributed by atoms with E-state index in [1.54, 1.807) is 10.7 Å². The Hall–Kier alpha value is -5.13. The van der Waals surface area contributed by atoms with Gasteiger partial charge in [-0.05, 0) is 49.6 Å². The number of aromatic nitrogens is 7. The Labute approximate surface area is 229 Å². The standard InChI is InChI=1S/C28H26N10O2/c1-17-5-9-37(27(17)39)20-6-8-36(14-20)28-29-13-22-25(35-28)26(32-15-30-22)34-19-3-4-23(18(2)11-19)40-21-7-10-38-24(12-21)31-16-33-38/h3-4,7,10-13,15-16,20H,1,5-6,8-9,14H2,2H3,(H,30,32,34). The van der Waals surface area contributed by atoms with Crippen LogP contribution in [0.25, 0.3) is 16.7 Å². The number of amides is 1. The number of fused-ring (bicyclic) bond motifs is 2. The first-order valence-corrected chi connectivity index (χ1v) is 13.1. The van der Waals surface area contributed by atoms with Crippen LogP contribution in [0.15, 0.2) is 67.5 Å². The molecule has 2 fully saturated rings. The van der Waals surface area contributed by atoms with Gasteiger partial charge in [0.05, 0.1) is 12.2 Å². The lowest BCUT2D eigenvalue weighted by Crippen LogP contribution is -2.38. The molecule has 7 rings (SSSR count). The molecule has 1 amide bonds. The van der Waals surface area contributed by atoms with Crippen molar-refractivity contribution >= 4 is 40.0 Å². The summed E-state index contributed by atoms with van der Waals surface area (Å²) in [5.41, 5.74) is 4.46. The van der Waals surface area contributed by atoms with Crippen LogP contribution in [0, 0.1) is 6.92 Å². The lowest BCUT2D eigenvalue weighted by atomic mass is 10.2. The number of benzene rings is 1. The number of carbonyl (C=O) groups excluding carboxylic acids is 1. The maximum atomic E-state index is 12.4. The fraction of sp³-hybridized carbons (Fsp3) is 0.250. The van der Waals surface area contributed by atoms with Gasteiger partial charge in [-0.2, -0.15) is 5.10 Å². The molecule has 12 heteroatoms. The molecule has 6 heterocycles. The number of aryl methyl sites for hydroxylation is 1. The van der Waals surface area contributed by atoms with Gasteiger partial charge in [-0.1, -0.05) is 6.58 Å². The number of rotatable bonds is 6. The third kappa shape index (κ3) is 4.32. The topological polar surface area (TPSA) is 127 Å². The van der Waals surface area contributed by atoms with E-state index in [1.165, 1.54) is 12.7 Å². The number of carbonyl (C=O) groups is 1. The number of nitrogens with one attached hydrogen (secondary N) is 1. The average Bonchev–Trinajstić information content (AvgIpc) is 3.71. The third-order valence-electron chi connectivity index (χ3n) is 7.39. The third-order valence-corrected chi connectivity index (χ3v) is 7.39. The number of likely N-dealkylation sites (tertiary alicyclic amines) is 1. The van der Waals surface area contributed by atoms with Gasteiger partial charge < -0.3 is 19.9 Å². The Morgan fingerprint density at radius 1 is 1.07 bits per heavy atom. The van der Waals surface area contributed by atoms with Crippen molar-refractivity contribution in [1.82, 2.24) is 39.4 Å². The highest BCUT2D eigenvalue weighted by atomic mass is 16.5.